The highest BCUT2D eigenvalue weighted by Crippen LogP contribution is 2.14. The average Bonchev–Trinajstić information content (AvgIpc) is 2.65. The molecule has 0 aliphatic rings. The second-order valence-electron chi connectivity index (χ2n) is 4.39. The van der Waals surface area contributed by atoms with E-state index in [0.717, 1.165) is 30.9 Å². The summed E-state index contributed by atoms with van der Waals surface area (Å²) in [6, 6.07) is 3.98. The first kappa shape index (κ1) is 12.4. The summed E-state index contributed by atoms with van der Waals surface area (Å²) in [4.78, 5) is 3.96. The molecule has 0 unspecified atom stereocenters. The molecule has 0 amide bonds. The number of aryl methyl sites for hydroxylation is 3. The van der Waals surface area contributed by atoms with Crippen molar-refractivity contribution < 1.29 is 0 Å². The maximum Gasteiger partial charge on any atom is 0.0736 e. The molecule has 0 saturated heterocycles. The molecular formula is C13H19N5. The Balaban J connectivity index is 1.80. The Kier molecular flexibility index (Phi) is 3.82. The smallest absolute Gasteiger partial charge is 0.0736 e. The van der Waals surface area contributed by atoms with E-state index in [9.17, 15) is 0 Å². The van der Waals surface area contributed by atoms with Gasteiger partial charge in [0.15, 0.2) is 0 Å². The molecule has 2 heterocycles. The van der Waals surface area contributed by atoms with Crippen LogP contribution in [-0.2, 0) is 6.54 Å². The Bertz CT molecular complexity index is 518. The van der Waals surface area contributed by atoms with Crippen molar-refractivity contribution in [2.45, 2.75) is 26.8 Å². The summed E-state index contributed by atoms with van der Waals surface area (Å²) >= 11 is 0. The molecule has 0 aliphatic heterocycles. The Hall–Kier alpha value is -2.04. The van der Waals surface area contributed by atoms with Crippen molar-refractivity contribution in [2.24, 2.45) is 0 Å². The summed E-state index contributed by atoms with van der Waals surface area (Å²) in [7, 11) is 0. The lowest BCUT2D eigenvalue weighted by Gasteiger charge is -2.09. The first-order chi connectivity index (χ1) is 8.66. The van der Waals surface area contributed by atoms with Crippen LogP contribution >= 0.6 is 0 Å². The van der Waals surface area contributed by atoms with Crippen molar-refractivity contribution in [3.63, 3.8) is 0 Å². The van der Waals surface area contributed by atoms with E-state index < -0.39 is 0 Å². The van der Waals surface area contributed by atoms with Crippen molar-refractivity contribution >= 4 is 11.4 Å². The molecule has 0 fully saturated rings. The minimum Gasteiger partial charge on any atom is -0.396 e. The average molecular weight is 245 g/mol. The van der Waals surface area contributed by atoms with Gasteiger partial charge >= 0.3 is 0 Å². The summed E-state index contributed by atoms with van der Waals surface area (Å²) in [6.07, 6.45) is 4.40. The van der Waals surface area contributed by atoms with E-state index >= 15 is 0 Å². The van der Waals surface area contributed by atoms with Gasteiger partial charge in [-0.1, -0.05) is 0 Å². The van der Waals surface area contributed by atoms with Crippen LogP contribution in [0.1, 0.15) is 17.8 Å². The van der Waals surface area contributed by atoms with Crippen LogP contribution in [0.5, 0.6) is 0 Å². The van der Waals surface area contributed by atoms with Gasteiger partial charge in [0.05, 0.1) is 23.3 Å². The van der Waals surface area contributed by atoms with E-state index in [1.54, 1.807) is 12.4 Å². The fraction of sp³-hybridized carbons (Fsp3) is 0.385. The van der Waals surface area contributed by atoms with E-state index in [0.29, 0.717) is 5.69 Å². The number of anilines is 2. The molecule has 0 aromatic carbocycles. The zero-order valence-electron chi connectivity index (χ0n) is 10.8. The second kappa shape index (κ2) is 5.53. The van der Waals surface area contributed by atoms with Crippen LogP contribution in [0.4, 0.5) is 11.4 Å². The number of aromatic nitrogens is 3. The van der Waals surface area contributed by atoms with Crippen molar-refractivity contribution in [2.75, 3.05) is 17.6 Å². The number of hydrogen-bond acceptors (Lipinski definition) is 4. The minimum atomic E-state index is 0.684. The molecule has 18 heavy (non-hydrogen) atoms. The number of nitrogens with two attached hydrogens (primary N) is 1. The third-order valence-electron chi connectivity index (χ3n) is 2.82. The van der Waals surface area contributed by atoms with Gasteiger partial charge in [0.1, 0.15) is 0 Å². The highest BCUT2D eigenvalue weighted by Gasteiger charge is 2.01. The normalized spacial score (nSPS) is 10.6. The summed E-state index contributed by atoms with van der Waals surface area (Å²) < 4.78 is 2.03. The summed E-state index contributed by atoms with van der Waals surface area (Å²) in [5.74, 6) is 0. The zero-order chi connectivity index (χ0) is 13.0. The van der Waals surface area contributed by atoms with Crippen LogP contribution < -0.4 is 11.1 Å². The van der Waals surface area contributed by atoms with Gasteiger partial charge in [0, 0.05) is 25.0 Å². The van der Waals surface area contributed by atoms with E-state index in [1.807, 2.05) is 17.7 Å². The predicted octanol–water partition coefficient (Wildman–Crippen LogP) is 1.98. The number of rotatable bonds is 5. The molecule has 0 bridgehead atoms. The molecule has 5 heteroatoms. The number of pyridine rings is 1. The van der Waals surface area contributed by atoms with Gasteiger partial charge in [-0.15, -0.1) is 0 Å². The maximum atomic E-state index is 5.80. The third-order valence-corrected chi connectivity index (χ3v) is 2.82. The van der Waals surface area contributed by atoms with Gasteiger partial charge in [-0.05, 0) is 32.4 Å². The topological polar surface area (TPSA) is 68.8 Å². The molecular weight excluding hydrogens is 226 g/mol. The lowest BCUT2D eigenvalue weighted by molar-refractivity contribution is 0.574. The molecule has 0 saturated carbocycles. The standard InChI is InChI=1S/C13H19N5/c1-10-8-11(2)18(17-10)7-3-5-16-13-4-6-15-9-12(13)14/h4,6,8-9H,3,5,7,14H2,1-2H3,(H,15,16). The summed E-state index contributed by atoms with van der Waals surface area (Å²) in [6.45, 7) is 5.87. The van der Waals surface area contributed by atoms with Crippen LogP contribution in [0.2, 0.25) is 0 Å². The Morgan fingerprint density at radius 2 is 2.22 bits per heavy atom. The Morgan fingerprint density at radius 1 is 1.39 bits per heavy atom. The van der Waals surface area contributed by atoms with Gasteiger partial charge in [0.2, 0.25) is 0 Å². The van der Waals surface area contributed by atoms with E-state index in [-0.39, 0.29) is 0 Å². The first-order valence-electron chi connectivity index (χ1n) is 6.11. The molecule has 0 atom stereocenters. The fourth-order valence-electron chi connectivity index (χ4n) is 1.92. The van der Waals surface area contributed by atoms with Gasteiger partial charge in [-0.3, -0.25) is 9.67 Å². The summed E-state index contributed by atoms with van der Waals surface area (Å²) in [5, 5.41) is 7.73. The van der Waals surface area contributed by atoms with Crippen molar-refractivity contribution in [3.05, 3.63) is 35.9 Å². The lowest BCUT2D eigenvalue weighted by atomic mass is 10.3. The first-order valence-corrected chi connectivity index (χ1v) is 6.11. The highest BCUT2D eigenvalue weighted by atomic mass is 15.3. The van der Waals surface area contributed by atoms with Crippen molar-refractivity contribution in [1.29, 1.82) is 0 Å². The fourth-order valence-corrected chi connectivity index (χ4v) is 1.92. The molecule has 0 aliphatic carbocycles. The number of nitrogens with one attached hydrogen (secondary N) is 1. The number of hydrogen-bond donors (Lipinski definition) is 2. The van der Waals surface area contributed by atoms with Crippen LogP contribution in [0, 0.1) is 13.8 Å². The van der Waals surface area contributed by atoms with Crippen LogP contribution in [0.15, 0.2) is 24.5 Å². The summed E-state index contributed by atoms with van der Waals surface area (Å²) in [5.41, 5.74) is 9.70. The molecule has 0 spiro atoms. The van der Waals surface area contributed by atoms with Gasteiger partial charge in [0.25, 0.3) is 0 Å². The molecule has 5 nitrogen and oxygen atoms in total. The largest absolute Gasteiger partial charge is 0.396 e. The van der Waals surface area contributed by atoms with E-state index in [1.165, 1.54) is 5.69 Å². The molecule has 2 aromatic rings. The minimum absolute atomic E-state index is 0.684. The molecule has 3 N–H and O–H groups in total. The zero-order valence-corrected chi connectivity index (χ0v) is 10.8. The molecule has 96 valence electrons. The third kappa shape index (κ3) is 3.00. The lowest BCUT2D eigenvalue weighted by Crippen LogP contribution is -2.10. The van der Waals surface area contributed by atoms with Crippen LogP contribution in [-0.4, -0.2) is 21.3 Å². The number of nitrogens with zero attached hydrogens (tertiary/aromatic N) is 3. The molecule has 2 aromatic heterocycles. The van der Waals surface area contributed by atoms with E-state index in [4.69, 9.17) is 5.73 Å². The van der Waals surface area contributed by atoms with Crippen LogP contribution in [0.25, 0.3) is 0 Å². The quantitative estimate of drug-likeness (QED) is 0.790. The van der Waals surface area contributed by atoms with E-state index in [2.05, 4.69) is 28.4 Å². The molecule has 0 radical (unpaired) electrons. The Morgan fingerprint density at radius 3 is 2.89 bits per heavy atom. The van der Waals surface area contributed by atoms with Gasteiger partial charge in [-0.2, -0.15) is 5.10 Å². The Labute approximate surface area is 107 Å². The van der Waals surface area contributed by atoms with Crippen molar-refractivity contribution in [1.82, 2.24) is 14.8 Å². The van der Waals surface area contributed by atoms with Gasteiger partial charge in [-0.25, -0.2) is 0 Å². The monoisotopic (exact) mass is 245 g/mol. The maximum absolute atomic E-state index is 5.80. The SMILES string of the molecule is Cc1cc(C)n(CCCNc2ccncc2N)n1. The molecule has 2 rings (SSSR count). The highest BCUT2D eigenvalue weighted by molar-refractivity contribution is 5.63. The predicted molar refractivity (Wildman–Crippen MR) is 73.5 cm³/mol. The number of nitrogen functional groups attached to an aromatic ring is 1. The van der Waals surface area contributed by atoms with Gasteiger partial charge < -0.3 is 11.1 Å². The van der Waals surface area contributed by atoms with Crippen molar-refractivity contribution in [3.8, 4) is 0 Å². The second-order valence-corrected chi connectivity index (χ2v) is 4.39. The van der Waals surface area contributed by atoms with Crippen LogP contribution in [0.3, 0.4) is 0 Å².